The predicted molar refractivity (Wildman–Crippen MR) is 283 cm³/mol. The monoisotopic (exact) mass is 869 g/mol. The Hall–Kier alpha value is -8.66. The Labute approximate surface area is 398 Å². The topological polar surface area (TPSA) is 36.8 Å². The number of benzene rings is 9. The van der Waals surface area contributed by atoms with Gasteiger partial charge in [-0.3, -0.25) is 0 Å². The molecule has 0 aromatic heterocycles. The average Bonchev–Trinajstić information content (AvgIpc) is 3.89. The molecule has 0 fully saturated rings. The fraction of sp³-hybridized carbons (Fsp3) is 0.0462. The van der Waals surface area contributed by atoms with Crippen LogP contribution in [0.25, 0.3) is 50.1 Å². The molecular weight excluding hydrogens is 823 g/mol. The highest BCUT2D eigenvalue weighted by atomic mass is 15.2. The summed E-state index contributed by atoms with van der Waals surface area (Å²) in [6.07, 6.45) is 6.76. The molecule has 9 aromatic carbocycles. The van der Waals surface area contributed by atoms with Gasteiger partial charge in [-0.05, 0) is 126 Å². The van der Waals surface area contributed by atoms with Gasteiger partial charge in [-0.1, -0.05) is 225 Å². The van der Waals surface area contributed by atoms with Crippen LogP contribution in [0.1, 0.15) is 44.5 Å². The van der Waals surface area contributed by atoms with Crippen molar-refractivity contribution in [3.63, 3.8) is 0 Å². The van der Waals surface area contributed by atoms with Crippen LogP contribution >= 0.6 is 0 Å². The highest BCUT2D eigenvalue weighted by Crippen LogP contribution is 2.62. The second-order valence-corrected chi connectivity index (χ2v) is 17.7. The number of allylic oxidation sites excluding steroid dienone is 3. The van der Waals surface area contributed by atoms with Gasteiger partial charge in [-0.15, -0.1) is 0 Å². The lowest BCUT2D eigenvalue weighted by Crippen LogP contribution is -2.40. The van der Waals surface area contributed by atoms with Crippen LogP contribution in [0.5, 0.6) is 0 Å². The first-order chi connectivity index (χ1) is 33.7. The number of nitrogens with zero attached hydrogens (tertiary/aromatic N) is 2. The molecule has 322 valence electrons. The maximum atomic E-state index is 5.55. The lowest BCUT2D eigenvalue weighted by molar-refractivity contribution is 0.731. The van der Waals surface area contributed by atoms with Gasteiger partial charge in [0.15, 0.2) is 5.84 Å². The summed E-state index contributed by atoms with van der Waals surface area (Å²) in [6.45, 7) is 4.42. The quantitative estimate of drug-likeness (QED) is 0.137. The van der Waals surface area contributed by atoms with Crippen molar-refractivity contribution < 1.29 is 0 Å². The Morgan fingerprint density at radius 3 is 1.51 bits per heavy atom. The third-order valence-electron chi connectivity index (χ3n) is 13.8. The van der Waals surface area contributed by atoms with Crippen molar-refractivity contribution in [2.45, 2.75) is 18.0 Å². The molecule has 3 aliphatic rings. The minimum atomic E-state index is -0.508. The SMILES string of the molecule is C=C/C(=C\C(=C/Cc1ccccc1)c1ccccc1)C1N=C(c2ccc3c(c2)C2(c4ccccc4-c4ccccc42)c2ccccc2-3)N=C(c2cc(-c3ccccc3)cc(-c3ccccc3)c2)N1. The van der Waals surface area contributed by atoms with Crippen LogP contribution in [0.15, 0.2) is 271 Å². The maximum Gasteiger partial charge on any atom is 0.159 e. The lowest BCUT2D eigenvalue weighted by atomic mass is 9.70. The number of fused-ring (bicyclic) bond motifs is 10. The largest absolute Gasteiger partial charge is 0.344 e. The summed E-state index contributed by atoms with van der Waals surface area (Å²) in [7, 11) is 0. The third kappa shape index (κ3) is 7.08. The van der Waals surface area contributed by atoms with E-state index in [9.17, 15) is 0 Å². The van der Waals surface area contributed by atoms with Gasteiger partial charge in [0.05, 0.1) is 5.41 Å². The summed E-state index contributed by atoms with van der Waals surface area (Å²) in [6, 6.07) is 82.9. The fourth-order valence-electron chi connectivity index (χ4n) is 10.7. The number of amidine groups is 2. The normalized spacial score (nSPS) is 15.3. The van der Waals surface area contributed by atoms with Crippen molar-refractivity contribution in [2.24, 2.45) is 9.98 Å². The molecule has 9 aromatic rings. The van der Waals surface area contributed by atoms with E-state index < -0.39 is 11.6 Å². The van der Waals surface area contributed by atoms with Crippen LogP contribution in [-0.2, 0) is 11.8 Å². The van der Waals surface area contributed by atoms with Crippen LogP contribution in [0.4, 0.5) is 0 Å². The first-order valence-electron chi connectivity index (χ1n) is 23.4. The second-order valence-electron chi connectivity index (χ2n) is 17.7. The lowest BCUT2D eigenvalue weighted by Gasteiger charge is -2.31. The van der Waals surface area contributed by atoms with Crippen LogP contribution < -0.4 is 5.32 Å². The van der Waals surface area contributed by atoms with E-state index in [4.69, 9.17) is 9.98 Å². The highest BCUT2D eigenvalue weighted by Gasteiger charge is 2.51. The molecule has 0 amide bonds. The molecule has 1 N–H and O–H groups in total. The highest BCUT2D eigenvalue weighted by molar-refractivity contribution is 6.14. The van der Waals surface area contributed by atoms with Gasteiger partial charge < -0.3 is 5.32 Å². The van der Waals surface area contributed by atoms with Gasteiger partial charge in [0.2, 0.25) is 0 Å². The standard InChI is InChI=1S/C65H47N3/c1-2-45(39-49(46-23-9-4-10-24-46)36-35-44-21-7-3-8-22-44)62-66-63(68-64(67-62)53-41-51(47-25-11-5-12-26-47)40-52(42-53)48-27-13-6-14-28-48)50-37-38-57-56-31-17-20-34-60(56)65(61(57)43-50)58-32-18-15-29-54(58)55-30-16-19-33-59(55)65/h2-34,36-43,62H,1,35H2,(H,66,67,68)/b45-39+,49-36+. The Morgan fingerprint density at radius 1 is 0.471 bits per heavy atom. The van der Waals surface area contributed by atoms with Crippen molar-refractivity contribution in [1.82, 2.24) is 5.32 Å². The van der Waals surface area contributed by atoms with Crippen LogP contribution in [0.3, 0.4) is 0 Å². The van der Waals surface area contributed by atoms with E-state index in [-0.39, 0.29) is 0 Å². The van der Waals surface area contributed by atoms with Gasteiger partial charge in [-0.2, -0.15) is 0 Å². The Balaban J connectivity index is 1.06. The molecule has 3 nitrogen and oxygen atoms in total. The summed E-state index contributed by atoms with van der Waals surface area (Å²) >= 11 is 0. The summed E-state index contributed by atoms with van der Waals surface area (Å²) in [5.41, 5.74) is 20.5. The zero-order chi connectivity index (χ0) is 45.4. The van der Waals surface area contributed by atoms with Crippen LogP contribution in [-0.4, -0.2) is 17.8 Å². The van der Waals surface area contributed by atoms with Gasteiger partial charge in [0.25, 0.3) is 0 Å². The number of rotatable bonds is 10. The Bertz CT molecular complexity index is 3390. The molecule has 1 unspecified atom stereocenters. The summed E-state index contributed by atoms with van der Waals surface area (Å²) in [5.74, 6) is 1.40. The molecule has 1 spiro atoms. The Morgan fingerprint density at radius 2 is 0.956 bits per heavy atom. The van der Waals surface area contributed by atoms with Crippen LogP contribution in [0, 0.1) is 0 Å². The minimum absolute atomic E-state index is 0.497. The third-order valence-corrected chi connectivity index (χ3v) is 13.8. The van der Waals surface area contributed by atoms with E-state index >= 15 is 0 Å². The van der Waals surface area contributed by atoms with Crippen LogP contribution in [0.2, 0.25) is 0 Å². The zero-order valence-corrected chi connectivity index (χ0v) is 37.6. The molecule has 0 saturated carbocycles. The van der Waals surface area contributed by atoms with E-state index in [1.54, 1.807) is 0 Å². The molecular formula is C65H47N3. The fourth-order valence-corrected chi connectivity index (χ4v) is 10.7. The van der Waals surface area contributed by atoms with E-state index in [2.05, 4.69) is 255 Å². The minimum Gasteiger partial charge on any atom is -0.344 e. The maximum absolute atomic E-state index is 5.55. The van der Waals surface area contributed by atoms with Crippen molar-refractivity contribution in [3.8, 4) is 44.5 Å². The number of hydrogen-bond donors (Lipinski definition) is 1. The van der Waals surface area contributed by atoms with Crippen molar-refractivity contribution in [3.05, 3.63) is 305 Å². The van der Waals surface area contributed by atoms with Gasteiger partial charge in [0, 0.05) is 11.1 Å². The van der Waals surface area contributed by atoms with Gasteiger partial charge in [-0.25, -0.2) is 9.98 Å². The number of hydrogen-bond acceptors (Lipinski definition) is 3. The van der Waals surface area contributed by atoms with E-state index in [0.717, 1.165) is 62.3 Å². The first kappa shape index (κ1) is 40.8. The molecule has 2 aliphatic carbocycles. The number of nitrogens with one attached hydrogen (secondary N) is 1. The summed E-state index contributed by atoms with van der Waals surface area (Å²) in [4.78, 5) is 11.1. The molecule has 12 rings (SSSR count). The summed E-state index contributed by atoms with van der Waals surface area (Å²) in [5, 5.41) is 3.85. The van der Waals surface area contributed by atoms with Gasteiger partial charge >= 0.3 is 0 Å². The molecule has 1 aliphatic heterocycles. The molecule has 68 heavy (non-hydrogen) atoms. The van der Waals surface area contributed by atoms with Crippen molar-refractivity contribution in [1.29, 1.82) is 0 Å². The Kier molecular flexibility index (Phi) is 10.4. The molecule has 0 saturated heterocycles. The molecule has 1 heterocycles. The summed E-state index contributed by atoms with van der Waals surface area (Å²) < 4.78 is 0. The average molecular weight is 870 g/mol. The zero-order valence-electron chi connectivity index (χ0n) is 37.6. The molecule has 1 atom stereocenters. The second kappa shape index (κ2) is 17.3. The predicted octanol–water partition coefficient (Wildman–Crippen LogP) is 14.9. The van der Waals surface area contributed by atoms with E-state index in [0.29, 0.717) is 5.84 Å². The molecule has 0 bridgehead atoms. The van der Waals surface area contributed by atoms with Crippen molar-refractivity contribution in [2.75, 3.05) is 0 Å². The van der Waals surface area contributed by atoms with Gasteiger partial charge in [0.1, 0.15) is 12.0 Å². The number of aliphatic imine (C=N–C) groups is 2. The molecule has 0 radical (unpaired) electrons. The van der Waals surface area contributed by atoms with E-state index in [1.807, 2.05) is 6.08 Å². The smallest absolute Gasteiger partial charge is 0.159 e. The van der Waals surface area contributed by atoms with Crippen molar-refractivity contribution >= 4 is 17.2 Å². The first-order valence-corrected chi connectivity index (χ1v) is 23.4. The molecule has 3 heteroatoms. The van der Waals surface area contributed by atoms with E-state index in [1.165, 1.54) is 50.1 Å².